The zero-order chi connectivity index (χ0) is 13.8. The Bertz CT molecular complexity index is 403. The number of hydrogen-bond donors (Lipinski definition) is 2. The first-order chi connectivity index (χ1) is 9.13. The molecule has 0 aromatic heterocycles. The van der Waals surface area contributed by atoms with Gasteiger partial charge in [0.1, 0.15) is 0 Å². The molecule has 106 valence electrons. The van der Waals surface area contributed by atoms with Gasteiger partial charge in [0, 0.05) is 17.6 Å². The standard InChI is InChI=1S/C15H23ClN2O/c1-11(19)12-6-8-18(9-7-12)15(10-17)13-4-2-3-5-14(13)16/h2-5,11-12,15,19H,6-10,17H2,1H3. The highest BCUT2D eigenvalue weighted by Crippen LogP contribution is 2.31. The smallest absolute Gasteiger partial charge is 0.0541 e. The molecule has 0 amide bonds. The predicted octanol–water partition coefficient (Wildman–Crippen LogP) is 2.43. The molecule has 1 aromatic carbocycles. The molecule has 1 fully saturated rings. The van der Waals surface area contributed by atoms with Gasteiger partial charge in [-0.15, -0.1) is 0 Å². The highest BCUT2D eigenvalue weighted by Gasteiger charge is 2.28. The number of piperidine rings is 1. The average molecular weight is 283 g/mol. The van der Waals surface area contributed by atoms with Crippen molar-refractivity contribution in [2.45, 2.75) is 31.9 Å². The molecule has 2 unspecified atom stereocenters. The Morgan fingerprint density at radius 1 is 1.37 bits per heavy atom. The Balaban J connectivity index is 2.06. The largest absolute Gasteiger partial charge is 0.393 e. The summed E-state index contributed by atoms with van der Waals surface area (Å²) in [6, 6.07) is 8.11. The van der Waals surface area contributed by atoms with Gasteiger partial charge in [0.15, 0.2) is 0 Å². The van der Waals surface area contributed by atoms with Crippen molar-refractivity contribution in [1.82, 2.24) is 4.90 Å². The third-order valence-corrected chi connectivity index (χ3v) is 4.53. The number of nitrogens with two attached hydrogens (primary N) is 1. The van der Waals surface area contributed by atoms with Crippen LogP contribution >= 0.6 is 11.6 Å². The van der Waals surface area contributed by atoms with E-state index in [9.17, 15) is 5.11 Å². The van der Waals surface area contributed by atoms with E-state index in [-0.39, 0.29) is 12.1 Å². The van der Waals surface area contributed by atoms with E-state index in [1.54, 1.807) is 0 Å². The molecule has 19 heavy (non-hydrogen) atoms. The van der Waals surface area contributed by atoms with Crippen molar-refractivity contribution in [3.05, 3.63) is 34.9 Å². The van der Waals surface area contributed by atoms with Crippen LogP contribution < -0.4 is 5.73 Å². The van der Waals surface area contributed by atoms with Gasteiger partial charge >= 0.3 is 0 Å². The van der Waals surface area contributed by atoms with E-state index in [1.807, 2.05) is 25.1 Å². The van der Waals surface area contributed by atoms with E-state index in [4.69, 9.17) is 17.3 Å². The van der Waals surface area contributed by atoms with Gasteiger partial charge in [-0.25, -0.2) is 0 Å². The van der Waals surface area contributed by atoms with Gasteiger partial charge in [-0.05, 0) is 50.4 Å². The van der Waals surface area contributed by atoms with Crippen molar-refractivity contribution in [1.29, 1.82) is 0 Å². The molecule has 4 heteroatoms. The molecule has 1 aliphatic heterocycles. The van der Waals surface area contributed by atoms with Crippen LogP contribution in [0.1, 0.15) is 31.4 Å². The molecule has 0 aliphatic carbocycles. The maximum Gasteiger partial charge on any atom is 0.0541 e. The van der Waals surface area contributed by atoms with Crippen LogP contribution in [-0.4, -0.2) is 35.7 Å². The van der Waals surface area contributed by atoms with Crippen molar-refractivity contribution in [2.75, 3.05) is 19.6 Å². The van der Waals surface area contributed by atoms with Gasteiger partial charge in [0.25, 0.3) is 0 Å². The molecule has 1 saturated heterocycles. The van der Waals surface area contributed by atoms with E-state index in [2.05, 4.69) is 11.0 Å². The van der Waals surface area contributed by atoms with Crippen LogP contribution in [-0.2, 0) is 0 Å². The van der Waals surface area contributed by atoms with Gasteiger partial charge in [-0.2, -0.15) is 0 Å². The first-order valence-corrected chi connectivity index (χ1v) is 7.38. The average Bonchev–Trinajstić information content (AvgIpc) is 2.42. The number of aliphatic hydroxyl groups is 1. The van der Waals surface area contributed by atoms with Crippen LogP contribution in [0.5, 0.6) is 0 Å². The summed E-state index contributed by atoms with van der Waals surface area (Å²) < 4.78 is 0. The minimum absolute atomic E-state index is 0.184. The highest BCUT2D eigenvalue weighted by atomic mass is 35.5. The number of benzene rings is 1. The van der Waals surface area contributed by atoms with Crippen molar-refractivity contribution in [3.63, 3.8) is 0 Å². The van der Waals surface area contributed by atoms with Crippen molar-refractivity contribution in [3.8, 4) is 0 Å². The minimum Gasteiger partial charge on any atom is -0.393 e. The summed E-state index contributed by atoms with van der Waals surface area (Å²) >= 11 is 6.27. The molecule has 3 nitrogen and oxygen atoms in total. The Morgan fingerprint density at radius 2 is 2.00 bits per heavy atom. The minimum atomic E-state index is -0.209. The van der Waals surface area contributed by atoms with Crippen LogP contribution in [0.4, 0.5) is 0 Å². The number of hydrogen-bond acceptors (Lipinski definition) is 3. The second-order valence-corrected chi connectivity index (χ2v) is 5.79. The molecule has 0 radical (unpaired) electrons. The second kappa shape index (κ2) is 6.71. The Morgan fingerprint density at radius 3 is 2.53 bits per heavy atom. The van der Waals surface area contributed by atoms with Crippen LogP contribution in [0.25, 0.3) is 0 Å². The summed E-state index contributed by atoms with van der Waals surface area (Å²) in [5, 5.41) is 10.4. The zero-order valence-electron chi connectivity index (χ0n) is 11.4. The first kappa shape index (κ1) is 14.8. The lowest BCUT2D eigenvalue weighted by Crippen LogP contribution is -2.41. The molecular formula is C15H23ClN2O. The van der Waals surface area contributed by atoms with Gasteiger partial charge in [-0.1, -0.05) is 29.8 Å². The molecular weight excluding hydrogens is 260 g/mol. The van der Waals surface area contributed by atoms with Crippen LogP contribution in [0, 0.1) is 5.92 Å². The molecule has 3 N–H and O–H groups in total. The summed E-state index contributed by atoms with van der Waals surface area (Å²) in [6.07, 6.45) is 1.84. The molecule has 0 saturated carbocycles. The Hall–Kier alpha value is -0.610. The lowest BCUT2D eigenvalue weighted by atomic mass is 9.90. The van der Waals surface area contributed by atoms with Crippen LogP contribution in [0.15, 0.2) is 24.3 Å². The molecule has 0 spiro atoms. The quantitative estimate of drug-likeness (QED) is 0.892. The van der Waals surface area contributed by atoms with Gasteiger partial charge in [0.2, 0.25) is 0 Å². The number of rotatable bonds is 4. The number of halogens is 1. The number of nitrogens with zero attached hydrogens (tertiary/aromatic N) is 1. The summed E-state index contributed by atoms with van der Waals surface area (Å²) in [5.41, 5.74) is 7.06. The Labute approximate surface area is 120 Å². The summed E-state index contributed by atoms with van der Waals surface area (Å²) in [4.78, 5) is 2.39. The van der Waals surface area contributed by atoms with E-state index in [0.29, 0.717) is 12.5 Å². The van der Waals surface area contributed by atoms with Gasteiger partial charge in [0.05, 0.1) is 6.10 Å². The maximum absolute atomic E-state index is 9.66. The number of aliphatic hydroxyl groups excluding tert-OH is 1. The summed E-state index contributed by atoms with van der Waals surface area (Å²) in [7, 11) is 0. The normalized spacial score (nSPS) is 21.3. The SMILES string of the molecule is CC(O)C1CCN(C(CN)c2ccccc2Cl)CC1. The fourth-order valence-electron chi connectivity index (χ4n) is 2.93. The van der Waals surface area contributed by atoms with Crippen molar-refractivity contribution < 1.29 is 5.11 Å². The second-order valence-electron chi connectivity index (χ2n) is 5.39. The third kappa shape index (κ3) is 3.48. The Kier molecular flexibility index (Phi) is 5.22. The van der Waals surface area contributed by atoms with E-state index in [0.717, 1.165) is 36.5 Å². The van der Waals surface area contributed by atoms with E-state index < -0.39 is 0 Å². The topological polar surface area (TPSA) is 49.5 Å². The fraction of sp³-hybridized carbons (Fsp3) is 0.600. The van der Waals surface area contributed by atoms with E-state index in [1.165, 1.54) is 0 Å². The van der Waals surface area contributed by atoms with Crippen LogP contribution in [0.2, 0.25) is 5.02 Å². The van der Waals surface area contributed by atoms with Gasteiger partial charge in [-0.3, -0.25) is 4.90 Å². The van der Waals surface area contributed by atoms with E-state index >= 15 is 0 Å². The fourth-order valence-corrected chi connectivity index (χ4v) is 3.19. The molecule has 0 bridgehead atoms. The molecule has 1 aromatic rings. The highest BCUT2D eigenvalue weighted by molar-refractivity contribution is 6.31. The van der Waals surface area contributed by atoms with Crippen molar-refractivity contribution in [2.24, 2.45) is 11.7 Å². The van der Waals surface area contributed by atoms with Crippen LogP contribution in [0.3, 0.4) is 0 Å². The summed E-state index contributed by atoms with van der Waals surface area (Å²) in [5.74, 6) is 0.418. The van der Waals surface area contributed by atoms with Gasteiger partial charge < -0.3 is 10.8 Å². The lowest BCUT2D eigenvalue weighted by molar-refractivity contribution is 0.0569. The molecule has 1 aliphatic rings. The molecule has 2 rings (SSSR count). The maximum atomic E-state index is 9.66. The molecule has 1 heterocycles. The summed E-state index contributed by atoms with van der Waals surface area (Å²) in [6.45, 7) is 4.41. The van der Waals surface area contributed by atoms with Crippen molar-refractivity contribution >= 4 is 11.6 Å². The predicted molar refractivity (Wildman–Crippen MR) is 79.2 cm³/mol. The first-order valence-electron chi connectivity index (χ1n) is 7.00. The third-order valence-electron chi connectivity index (χ3n) is 4.18. The lowest BCUT2D eigenvalue weighted by Gasteiger charge is -2.38. The molecule has 2 atom stereocenters. The number of likely N-dealkylation sites (tertiary alicyclic amines) is 1. The monoisotopic (exact) mass is 282 g/mol. The zero-order valence-corrected chi connectivity index (χ0v) is 12.2.